The molecule has 0 unspecified atom stereocenters. The maximum absolute atomic E-state index is 3.52. The van der Waals surface area contributed by atoms with E-state index in [0.717, 1.165) is 5.92 Å². The number of rotatable bonds is 0. The zero-order valence-corrected chi connectivity index (χ0v) is 10.5. The Kier molecular flexibility index (Phi) is 3.61. The Morgan fingerprint density at radius 3 is 2.23 bits per heavy atom. The molecule has 13 heavy (non-hydrogen) atoms. The highest BCUT2D eigenvalue weighted by Crippen LogP contribution is 2.28. The van der Waals surface area contributed by atoms with E-state index in [2.05, 4.69) is 38.0 Å². The monoisotopic (exact) mass is 194 g/mol. The fourth-order valence-corrected chi connectivity index (χ4v) is 2.46. The minimum Gasteiger partial charge on any atom is -0.132 e. The molecule has 0 aromatic heterocycles. The van der Waals surface area contributed by atoms with Crippen molar-refractivity contribution in [3.8, 4) is 11.5 Å². The normalized spacial score (nSPS) is 29.2. The molecule has 0 bridgehead atoms. The van der Waals surface area contributed by atoms with E-state index in [1.165, 1.54) is 25.7 Å². The molecule has 74 valence electrons. The average Bonchev–Trinajstić information content (AvgIpc) is 2.01. The molecule has 1 fully saturated rings. The van der Waals surface area contributed by atoms with E-state index in [1.54, 1.807) is 0 Å². The fourth-order valence-electron chi connectivity index (χ4n) is 1.84. The minimum absolute atomic E-state index is 0.709. The maximum Gasteiger partial charge on any atom is 0.129 e. The van der Waals surface area contributed by atoms with E-state index in [4.69, 9.17) is 0 Å². The first kappa shape index (κ1) is 10.9. The molecule has 0 aromatic rings. The summed E-state index contributed by atoms with van der Waals surface area (Å²) in [6.07, 6.45) is 5.56. The van der Waals surface area contributed by atoms with Gasteiger partial charge >= 0.3 is 0 Å². The van der Waals surface area contributed by atoms with Crippen LogP contribution in [0.25, 0.3) is 0 Å². The van der Waals surface area contributed by atoms with Gasteiger partial charge in [0.25, 0.3) is 0 Å². The highest BCUT2D eigenvalue weighted by Gasteiger charge is 2.19. The lowest BCUT2D eigenvalue weighted by molar-refractivity contribution is 0.316. The Morgan fingerprint density at radius 1 is 1.08 bits per heavy atom. The van der Waals surface area contributed by atoms with Crippen LogP contribution in [0, 0.1) is 23.3 Å². The molecular weight excluding hydrogens is 172 g/mol. The van der Waals surface area contributed by atoms with Gasteiger partial charge in [0.05, 0.1) is 0 Å². The standard InChI is InChI=1S/C12H22Si/c1-11-7-5-6-8-12(11)9-10-13(2,3)4/h11-12H,5-8H2,1-4H3/t11-,12+/m1/s1. The van der Waals surface area contributed by atoms with Crippen molar-refractivity contribution in [1.29, 1.82) is 0 Å². The van der Waals surface area contributed by atoms with Crippen LogP contribution in [0.5, 0.6) is 0 Å². The second-order valence-corrected chi connectivity index (χ2v) is 10.1. The van der Waals surface area contributed by atoms with Crippen molar-refractivity contribution in [2.45, 2.75) is 52.2 Å². The van der Waals surface area contributed by atoms with E-state index in [9.17, 15) is 0 Å². The van der Waals surface area contributed by atoms with Crippen molar-refractivity contribution in [2.24, 2.45) is 11.8 Å². The van der Waals surface area contributed by atoms with Crippen LogP contribution in [0.3, 0.4) is 0 Å². The van der Waals surface area contributed by atoms with Gasteiger partial charge in [-0.15, -0.1) is 11.5 Å². The predicted molar refractivity (Wildman–Crippen MR) is 62.2 cm³/mol. The van der Waals surface area contributed by atoms with Crippen LogP contribution in [-0.2, 0) is 0 Å². The molecule has 1 rings (SSSR count). The Morgan fingerprint density at radius 2 is 1.69 bits per heavy atom. The molecule has 0 saturated heterocycles. The average molecular weight is 194 g/mol. The van der Waals surface area contributed by atoms with Gasteiger partial charge in [-0.05, 0) is 18.8 Å². The van der Waals surface area contributed by atoms with Gasteiger partial charge in [0, 0.05) is 5.92 Å². The molecular formula is C12H22Si. The van der Waals surface area contributed by atoms with Gasteiger partial charge in [0.1, 0.15) is 8.07 Å². The lowest BCUT2D eigenvalue weighted by Crippen LogP contribution is -2.19. The smallest absolute Gasteiger partial charge is 0.129 e. The second kappa shape index (κ2) is 4.33. The Bertz CT molecular complexity index is 214. The number of hydrogen-bond acceptors (Lipinski definition) is 0. The lowest BCUT2D eigenvalue weighted by atomic mass is 9.81. The first-order valence-corrected chi connectivity index (χ1v) is 9.02. The summed E-state index contributed by atoms with van der Waals surface area (Å²) in [5.41, 5.74) is 3.51. The van der Waals surface area contributed by atoms with Crippen LogP contribution in [-0.4, -0.2) is 8.07 Å². The van der Waals surface area contributed by atoms with E-state index < -0.39 is 8.07 Å². The zero-order valence-electron chi connectivity index (χ0n) is 9.48. The van der Waals surface area contributed by atoms with Crippen LogP contribution in [0.1, 0.15) is 32.6 Å². The van der Waals surface area contributed by atoms with E-state index >= 15 is 0 Å². The molecule has 0 nitrogen and oxygen atoms in total. The van der Waals surface area contributed by atoms with Gasteiger partial charge in [-0.3, -0.25) is 0 Å². The Balaban J connectivity index is 2.54. The summed E-state index contributed by atoms with van der Waals surface area (Å²) in [5.74, 6) is 5.08. The highest BCUT2D eigenvalue weighted by molar-refractivity contribution is 6.83. The van der Waals surface area contributed by atoms with Crippen LogP contribution in [0.2, 0.25) is 19.6 Å². The predicted octanol–water partition coefficient (Wildman–Crippen LogP) is 3.69. The summed E-state index contributed by atoms with van der Waals surface area (Å²) in [5, 5.41) is 0. The Labute approximate surface area is 84.1 Å². The van der Waals surface area contributed by atoms with E-state index in [1.807, 2.05) is 0 Å². The van der Waals surface area contributed by atoms with Crippen molar-refractivity contribution < 1.29 is 0 Å². The van der Waals surface area contributed by atoms with Crippen molar-refractivity contribution in [1.82, 2.24) is 0 Å². The van der Waals surface area contributed by atoms with Gasteiger partial charge in [0.2, 0.25) is 0 Å². The van der Waals surface area contributed by atoms with Gasteiger partial charge < -0.3 is 0 Å². The summed E-state index contributed by atoms with van der Waals surface area (Å²) in [7, 11) is -1.13. The lowest BCUT2D eigenvalue weighted by Gasteiger charge is -2.24. The van der Waals surface area contributed by atoms with Crippen molar-refractivity contribution in [2.75, 3.05) is 0 Å². The topological polar surface area (TPSA) is 0 Å². The van der Waals surface area contributed by atoms with Crippen molar-refractivity contribution >= 4 is 8.07 Å². The third-order valence-corrected chi connectivity index (χ3v) is 3.64. The van der Waals surface area contributed by atoms with Crippen LogP contribution in [0.15, 0.2) is 0 Å². The quantitative estimate of drug-likeness (QED) is 0.407. The second-order valence-electron chi connectivity index (χ2n) is 5.39. The largest absolute Gasteiger partial charge is 0.132 e. The first-order valence-electron chi connectivity index (χ1n) is 5.52. The summed E-state index contributed by atoms with van der Waals surface area (Å²) in [4.78, 5) is 0. The van der Waals surface area contributed by atoms with Gasteiger partial charge in [-0.25, -0.2) is 0 Å². The third kappa shape index (κ3) is 4.00. The zero-order chi connectivity index (χ0) is 9.90. The molecule has 1 aliphatic carbocycles. The molecule has 1 aliphatic rings. The SMILES string of the molecule is C[C@@H]1CCCC[C@H]1C#C[Si](C)(C)C. The van der Waals surface area contributed by atoms with E-state index in [0.29, 0.717) is 5.92 Å². The first-order chi connectivity index (χ1) is 5.99. The van der Waals surface area contributed by atoms with E-state index in [-0.39, 0.29) is 0 Å². The molecule has 0 radical (unpaired) electrons. The highest BCUT2D eigenvalue weighted by atomic mass is 28.3. The van der Waals surface area contributed by atoms with Gasteiger partial charge in [-0.1, -0.05) is 39.4 Å². The molecule has 0 heterocycles. The molecule has 0 aromatic carbocycles. The summed E-state index contributed by atoms with van der Waals surface area (Å²) in [6.45, 7) is 9.34. The van der Waals surface area contributed by atoms with Gasteiger partial charge in [0.15, 0.2) is 0 Å². The molecule has 1 saturated carbocycles. The van der Waals surface area contributed by atoms with Crippen LogP contribution >= 0.6 is 0 Å². The molecule has 0 N–H and O–H groups in total. The van der Waals surface area contributed by atoms with Crippen molar-refractivity contribution in [3.05, 3.63) is 0 Å². The molecule has 0 amide bonds. The summed E-state index contributed by atoms with van der Waals surface area (Å²) < 4.78 is 0. The van der Waals surface area contributed by atoms with Gasteiger partial charge in [-0.2, -0.15) is 0 Å². The maximum atomic E-state index is 3.52. The van der Waals surface area contributed by atoms with Crippen LogP contribution < -0.4 is 0 Å². The molecule has 2 atom stereocenters. The summed E-state index contributed by atoms with van der Waals surface area (Å²) >= 11 is 0. The minimum atomic E-state index is -1.13. The third-order valence-electron chi connectivity index (χ3n) is 2.74. The fraction of sp³-hybridized carbons (Fsp3) is 0.833. The molecule has 0 aliphatic heterocycles. The summed E-state index contributed by atoms with van der Waals surface area (Å²) in [6, 6.07) is 0. The van der Waals surface area contributed by atoms with Crippen LogP contribution in [0.4, 0.5) is 0 Å². The molecule has 1 heteroatoms. The van der Waals surface area contributed by atoms with Crippen molar-refractivity contribution in [3.63, 3.8) is 0 Å². The number of hydrogen-bond donors (Lipinski definition) is 0. The Hall–Kier alpha value is -0.223. The molecule has 0 spiro atoms.